The maximum atomic E-state index is 6.00. The molecule has 1 N–H and O–H groups in total. The second-order valence-electron chi connectivity index (χ2n) is 6.49. The number of nitrogens with one attached hydrogen (secondary N) is 1. The molecular weight excluding hydrogens is 404 g/mol. The van der Waals surface area contributed by atoms with Gasteiger partial charge in [-0.1, -0.05) is 23.7 Å². The summed E-state index contributed by atoms with van der Waals surface area (Å²) in [5.74, 6) is 3.03. The largest absolute Gasteiger partial charge is 0.493 e. The molecule has 0 atom stereocenters. The van der Waals surface area contributed by atoms with E-state index in [0.29, 0.717) is 34.6 Å². The highest BCUT2D eigenvalue weighted by atomic mass is 35.5. The van der Waals surface area contributed by atoms with E-state index in [9.17, 15) is 0 Å². The van der Waals surface area contributed by atoms with Crippen molar-refractivity contribution in [2.24, 2.45) is 0 Å². The third-order valence-corrected chi connectivity index (χ3v) is 4.97. The average molecular weight is 425 g/mol. The Morgan fingerprint density at radius 3 is 2.33 bits per heavy atom. The van der Waals surface area contributed by atoms with Gasteiger partial charge in [-0.2, -0.15) is 0 Å². The van der Waals surface area contributed by atoms with Crippen LogP contribution in [0.4, 0.5) is 5.82 Å². The number of hydrogen-bond acceptors (Lipinski definition) is 6. The number of nitrogens with zero attached hydrogens (tertiary/aromatic N) is 3. The Hall–Kier alpha value is -3.45. The van der Waals surface area contributed by atoms with Crippen molar-refractivity contribution in [3.05, 3.63) is 65.4 Å². The molecule has 2 aromatic carbocycles. The molecule has 0 aliphatic carbocycles. The van der Waals surface area contributed by atoms with Crippen molar-refractivity contribution in [1.82, 2.24) is 14.4 Å². The minimum absolute atomic E-state index is 0.529. The van der Waals surface area contributed by atoms with Crippen LogP contribution in [0.2, 0.25) is 5.02 Å². The lowest BCUT2D eigenvalue weighted by Gasteiger charge is -2.14. The summed E-state index contributed by atoms with van der Waals surface area (Å²) in [5, 5.41) is 4.18. The molecule has 0 saturated heterocycles. The van der Waals surface area contributed by atoms with Gasteiger partial charge in [0.2, 0.25) is 11.5 Å². The van der Waals surface area contributed by atoms with Crippen LogP contribution in [0.1, 0.15) is 5.56 Å². The van der Waals surface area contributed by atoms with Gasteiger partial charge in [-0.05, 0) is 35.9 Å². The highest BCUT2D eigenvalue weighted by molar-refractivity contribution is 6.30. The van der Waals surface area contributed by atoms with Crippen LogP contribution in [-0.2, 0) is 6.54 Å². The van der Waals surface area contributed by atoms with Crippen LogP contribution in [0.3, 0.4) is 0 Å². The second kappa shape index (κ2) is 8.51. The van der Waals surface area contributed by atoms with E-state index >= 15 is 0 Å². The summed E-state index contributed by atoms with van der Waals surface area (Å²) in [6, 6.07) is 13.3. The number of imidazole rings is 1. The second-order valence-corrected chi connectivity index (χ2v) is 6.93. The molecular formula is C22H21ClN4O3. The topological polar surface area (TPSA) is 69.9 Å². The van der Waals surface area contributed by atoms with Gasteiger partial charge in [0.1, 0.15) is 11.5 Å². The van der Waals surface area contributed by atoms with Gasteiger partial charge in [-0.15, -0.1) is 0 Å². The van der Waals surface area contributed by atoms with Crippen LogP contribution in [-0.4, -0.2) is 35.7 Å². The molecule has 4 rings (SSSR count). The average Bonchev–Trinajstić information content (AvgIpc) is 3.16. The minimum Gasteiger partial charge on any atom is -0.493 e. The van der Waals surface area contributed by atoms with Crippen molar-refractivity contribution < 1.29 is 14.2 Å². The van der Waals surface area contributed by atoms with Crippen LogP contribution >= 0.6 is 11.6 Å². The summed E-state index contributed by atoms with van der Waals surface area (Å²) in [7, 11) is 4.76. The SMILES string of the molecule is COc1cc(-c2nc3ncccn3c2NCc2ccc(Cl)cc2)cc(OC)c1OC. The fourth-order valence-electron chi connectivity index (χ4n) is 3.26. The van der Waals surface area contributed by atoms with Gasteiger partial charge in [0, 0.05) is 29.5 Å². The molecule has 0 amide bonds. The Morgan fingerprint density at radius 2 is 1.70 bits per heavy atom. The maximum Gasteiger partial charge on any atom is 0.235 e. The number of fused-ring (bicyclic) bond motifs is 1. The molecule has 0 fully saturated rings. The zero-order valence-corrected chi connectivity index (χ0v) is 17.6. The fraction of sp³-hybridized carbons (Fsp3) is 0.182. The van der Waals surface area contributed by atoms with Crippen molar-refractivity contribution in [2.75, 3.05) is 26.6 Å². The molecule has 154 valence electrons. The van der Waals surface area contributed by atoms with Crippen LogP contribution in [0.15, 0.2) is 54.9 Å². The first-order valence-corrected chi connectivity index (χ1v) is 9.64. The summed E-state index contributed by atoms with van der Waals surface area (Å²) in [6.07, 6.45) is 3.63. The first-order chi connectivity index (χ1) is 14.6. The Labute approximate surface area is 179 Å². The zero-order chi connectivity index (χ0) is 21.1. The van der Waals surface area contributed by atoms with E-state index in [0.717, 1.165) is 22.6 Å². The number of halogens is 1. The minimum atomic E-state index is 0.529. The standard InChI is InChI=1S/C22H21ClN4O3/c1-28-17-11-15(12-18(29-2)20(17)30-3)19-21(27-10-4-9-24-22(27)26-19)25-13-14-5-7-16(23)8-6-14/h4-12,25H,13H2,1-3H3. The highest BCUT2D eigenvalue weighted by Crippen LogP contribution is 2.42. The van der Waals surface area contributed by atoms with Gasteiger partial charge in [-0.3, -0.25) is 4.40 Å². The molecule has 0 aliphatic rings. The molecule has 4 aromatic rings. The molecule has 0 aliphatic heterocycles. The van der Waals surface area contributed by atoms with Crippen LogP contribution in [0, 0.1) is 0 Å². The first kappa shape index (κ1) is 19.8. The predicted octanol–water partition coefficient (Wildman–Crippen LogP) is 4.69. The van der Waals surface area contributed by atoms with E-state index in [-0.39, 0.29) is 0 Å². The van der Waals surface area contributed by atoms with Gasteiger partial charge in [0.15, 0.2) is 11.5 Å². The van der Waals surface area contributed by atoms with E-state index in [1.807, 2.05) is 53.1 Å². The van der Waals surface area contributed by atoms with Crippen molar-refractivity contribution in [2.45, 2.75) is 6.54 Å². The lowest BCUT2D eigenvalue weighted by Crippen LogP contribution is -2.04. The number of methoxy groups -OCH3 is 3. The van der Waals surface area contributed by atoms with E-state index in [1.165, 1.54) is 0 Å². The molecule has 0 unspecified atom stereocenters. The summed E-state index contributed by atoms with van der Waals surface area (Å²) < 4.78 is 18.4. The van der Waals surface area contributed by atoms with Crippen LogP contribution in [0.5, 0.6) is 17.2 Å². The molecule has 0 bridgehead atoms. The first-order valence-electron chi connectivity index (χ1n) is 9.26. The monoisotopic (exact) mass is 424 g/mol. The summed E-state index contributed by atoms with van der Waals surface area (Å²) in [5.41, 5.74) is 2.63. The number of aromatic nitrogens is 3. The van der Waals surface area contributed by atoms with Crippen LogP contribution in [0.25, 0.3) is 17.0 Å². The normalized spacial score (nSPS) is 10.8. The smallest absolute Gasteiger partial charge is 0.235 e. The van der Waals surface area contributed by atoms with Crippen molar-refractivity contribution in [3.63, 3.8) is 0 Å². The number of anilines is 1. The molecule has 0 spiro atoms. The molecule has 2 aromatic heterocycles. The Balaban J connectivity index is 1.81. The number of rotatable bonds is 7. The van der Waals surface area contributed by atoms with Gasteiger partial charge in [0.05, 0.1) is 21.3 Å². The summed E-state index contributed by atoms with van der Waals surface area (Å²) in [6.45, 7) is 0.595. The summed E-state index contributed by atoms with van der Waals surface area (Å²) in [4.78, 5) is 9.11. The van der Waals surface area contributed by atoms with E-state index in [2.05, 4.69) is 10.3 Å². The number of ether oxygens (including phenoxy) is 3. The number of benzene rings is 2. The lowest BCUT2D eigenvalue weighted by molar-refractivity contribution is 0.324. The number of hydrogen-bond donors (Lipinski definition) is 1. The molecule has 2 heterocycles. The van der Waals surface area contributed by atoms with Crippen molar-refractivity contribution in [1.29, 1.82) is 0 Å². The fourth-order valence-corrected chi connectivity index (χ4v) is 3.39. The van der Waals surface area contributed by atoms with Crippen molar-refractivity contribution >= 4 is 23.2 Å². The highest BCUT2D eigenvalue weighted by Gasteiger charge is 2.20. The van der Waals surface area contributed by atoms with Crippen LogP contribution < -0.4 is 19.5 Å². The molecule has 0 radical (unpaired) electrons. The molecule has 30 heavy (non-hydrogen) atoms. The van der Waals surface area contributed by atoms with E-state index in [4.69, 9.17) is 30.8 Å². The van der Waals surface area contributed by atoms with Gasteiger partial charge < -0.3 is 19.5 Å². The maximum absolute atomic E-state index is 6.00. The van der Waals surface area contributed by atoms with Gasteiger partial charge in [0.25, 0.3) is 0 Å². The van der Waals surface area contributed by atoms with E-state index in [1.54, 1.807) is 27.5 Å². The molecule has 8 heteroatoms. The Kier molecular flexibility index (Phi) is 5.63. The predicted molar refractivity (Wildman–Crippen MR) is 117 cm³/mol. The molecule has 7 nitrogen and oxygen atoms in total. The summed E-state index contributed by atoms with van der Waals surface area (Å²) >= 11 is 6.00. The third kappa shape index (κ3) is 3.71. The third-order valence-electron chi connectivity index (χ3n) is 4.72. The Morgan fingerprint density at radius 1 is 1.00 bits per heavy atom. The quantitative estimate of drug-likeness (QED) is 0.464. The lowest BCUT2D eigenvalue weighted by atomic mass is 10.1. The zero-order valence-electron chi connectivity index (χ0n) is 16.8. The Bertz CT molecular complexity index is 1150. The van der Waals surface area contributed by atoms with E-state index < -0.39 is 0 Å². The van der Waals surface area contributed by atoms with Crippen molar-refractivity contribution in [3.8, 4) is 28.5 Å². The molecule has 0 saturated carbocycles. The van der Waals surface area contributed by atoms with Gasteiger partial charge in [-0.25, -0.2) is 9.97 Å². The van der Waals surface area contributed by atoms with Gasteiger partial charge >= 0.3 is 0 Å².